The Labute approximate surface area is 203 Å². The van der Waals surface area contributed by atoms with Gasteiger partial charge in [0.05, 0.1) is 5.56 Å². The van der Waals surface area contributed by atoms with Crippen molar-refractivity contribution in [2.45, 2.75) is 31.7 Å². The molecule has 0 aliphatic carbocycles. The maximum atomic E-state index is 12.9. The van der Waals surface area contributed by atoms with Gasteiger partial charge in [0.25, 0.3) is 21.8 Å². The van der Waals surface area contributed by atoms with Gasteiger partial charge in [-0.1, -0.05) is 24.3 Å². The first-order valence-electron chi connectivity index (χ1n) is 10.9. The average Bonchev–Trinajstić information content (AvgIpc) is 3.01. The van der Waals surface area contributed by atoms with E-state index < -0.39 is 33.9 Å². The lowest BCUT2D eigenvalue weighted by Gasteiger charge is -2.18. The molecule has 1 aliphatic rings. The summed E-state index contributed by atoms with van der Waals surface area (Å²) in [6.07, 6.45) is 0. The van der Waals surface area contributed by atoms with E-state index in [1.165, 1.54) is 18.2 Å². The molecule has 0 fully saturated rings. The molecule has 0 saturated heterocycles. The minimum Gasteiger partial charge on any atom is -0.322 e. The zero-order valence-corrected chi connectivity index (χ0v) is 20.1. The Hall–Kier alpha value is -4.18. The van der Waals surface area contributed by atoms with Crippen LogP contribution in [0.25, 0.3) is 0 Å². The molecule has 0 radical (unpaired) electrons. The fraction of sp³-hybridized carbons (Fsp3) is 0.160. The number of fused-ring (bicyclic) bond motifs is 1. The van der Waals surface area contributed by atoms with E-state index >= 15 is 0 Å². The molecule has 0 atom stereocenters. The van der Waals surface area contributed by atoms with E-state index in [9.17, 15) is 22.8 Å². The van der Waals surface area contributed by atoms with E-state index in [1.807, 2.05) is 6.07 Å². The maximum absolute atomic E-state index is 12.9. The zero-order chi connectivity index (χ0) is 25.3. The molecule has 3 N–H and O–H groups in total. The lowest BCUT2D eigenvalue weighted by molar-refractivity contribution is 0.0846. The maximum Gasteiger partial charge on any atom is 0.323 e. The van der Waals surface area contributed by atoms with Crippen molar-refractivity contribution in [2.24, 2.45) is 0 Å². The molecule has 1 heterocycles. The van der Waals surface area contributed by atoms with E-state index in [0.717, 1.165) is 9.87 Å². The second-order valence-electron chi connectivity index (χ2n) is 8.34. The number of hydrogen-bond acceptors (Lipinski definition) is 5. The predicted molar refractivity (Wildman–Crippen MR) is 133 cm³/mol. The molecule has 4 rings (SSSR count). The summed E-state index contributed by atoms with van der Waals surface area (Å²) in [6.45, 7) is 5.01. The van der Waals surface area contributed by atoms with Gasteiger partial charge in [-0.15, -0.1) is 0 Å². The summed E-state index contributed by atoms with van der Waals surface area (Å²) in [5.41, 5.74) is 2.39. The van der Waals surface area contributed by atoms with Gasteiger partial charge in [-0.25, -0.2) is 17.5 Å². The van der Waals surface area contributed by atoms with E-state index in [0.29, 0.717) is 17.1 Å². The van der Waals surface area contributed by atoms with Crippen molar-refractivity contribution in [1.29, 1.82) is 0 Å². The second kappa shape index (κ2) is 9.22. The van der Waals surface area contributed by atoms with E-state index in [-0.39, 0.29) is 16.0 Å². The van der Waals surface area contributed by atoms with Crippen molar-refractivity contribution in [3.05, 3.63) is 83.4 Å². The van der Waals surface area contributed by atoms with Gasteiger partial charge in [0.2, 0.25) is 0 Å². The molecule has 0 saturated carbocycles. The van der Waals surface area contributed by atoms with Crippen molar-refractivity contribution >= 4 is 44.9 Å². The van der Waals surface area contributed by atoms with Crippen molar-refractivity contribution in [3.63, 3.8) is 0 Å². The molecule has 10 heteroatoms. The highest BCUT2D eigenvalue weighted by molar-refractivity contribution is 7.90. The smallest absolute Gasteiger partial charge is 0.322 e. The van der Waals surface area contributed by atoms with Gasteiger partial charge >= 0.3 is 6.03 Å². The number of nitrogens with one attached hydrogen (secondary N) is 3. The van der Waals surface area contributed by atoms with Crippen molar-refractivity contribution in [2.75, 3.05) is 16.0 Å². The Morgan fingerprint density at radius 1 is 0.857 bits per heavy atom. The van der Waals surface area contributed by atoms with Gasteiger partial charge in [-0.3, -0.25) is 9.59 Å². The molecule has 35 heavy (non-hydrogen) atoms. The van der Waals surface area contributed by atoms with Crippen LogP contribution in [-0.4, -0.2) is 36.6 Å². The number of amides is 4. The summed E-state index contributed by atoms with van der Waals surface area (Å²) >= 11 is 0. The molecule has 4 amide bonds. The highest BCUT2D eigenvalue weighted by Gasteiger charge is 2.42. The Morgan fingerprint density at radius 3 is 2.23 bits per heavy atom. The number of para-hydroxylation sites is 1. The van der Waals surface area contributed by atoms with Crippen LogP contribution >= 0.6 is 0 Å². The highest BCUT2D eigenvalue weighted by atomic mass is 32.2. The summed E-state index contributed by atoms with van der Waals surface area (Å²) < 4.78 is 26.5. The molecule has 0 aromatic heterocycles. The summed E-state index contributed by atoms with van der Waals surface area (Å²) in [5, 5.41) is 8.17. The van der Waals surface area contributed by atoms with Crippen LogP contribution in [0.4, 0.5) is 21.9 Å². The van der Waals surface area contributed by atoms with Crippen LogP contribution in [0.2, 0.25) is 0 Å². The van der Waals surface area contributed by atoms with Crippen LogP contribution in [-0.2, 0) is 10.0 Å². The number of hydrogen-bond donors (Lipinski definition) is 3. The van der Waals surface area contributed by atoms with Gasteiger partial charge in [0, 0.05) is 28.7 Å². The summed E-state index contributed by atoms with van der Waals surface area (Å²) in [7, 11) is -4.03. The first-order chi connectivity index (χ1) is 16.6. The van der Waals surface area contributed by atoms with Gasteiger partial charge < -0.3 is 16.0 Å². The van der Waals surface area contributed by atoms with E-state index in [1.54, 1.807) is 63.2 Å². The molecule has 180 valence electrons. The Morgan fingerprint density at radius 2 is 1.54 bits per heavy atom. The summed E-state index contributed by atoms with van der Waals surface area (Å²) in [5.74, 6) is -1.15. The van der Waals surface area contributed by atoms with Crippen LogP contribution in [0, 0.1) is 6.92 Å². The third-order valence-electron chi connectivity index (χ3n) is 5.46. The zero-order valence-electron chi connectivity index (χ0n) is 19.3. The van der Waals surface area contributed by atoms with Gasteiger partial charge in [0.15, 0.2) is 0 Å². The van der Waals surface area contributed by atoms with Gasteiger partial charge in [-0.05, 0) is 68.8 Å². The minimum atomic E-state index is -4.03. The number of carbonyl (C=O) groups is 3. The lowest BCUT2D eigenvalue weighted by Crippen LogP contribution is -2.36. The van der Waals surface area contributed by atoms with Crippen LogP contribution in [0.15, 0.2) is 71.6 Å². The number of benzene rings is 3. The molecule has 0 bridgehead atoms. The fourth-order valence-electron chi connectivity index (χ4n) is 3.74. The van der Waals surface area contributed by atoms with Crippen molar-refractivity contribution < 1.29 is 22.8 Å². The first-order valence-corrected chi connectivity index (χ1v) is 12.3. The first kappa shape index (κ1) is 24.0. The second-order valence-corrected chi connectivity index (χ2v) is 10.1. The van der Waals surface area contributed by atoms with Crippen molar-refractivity contribution in [1.82, 2.24) is 4.31 Å². The highest BCUT2D eigenvalue weighted by Crippen LogP contribution is 2.33. The number of urea groups is 1. The van der Waals surface area contributed by atoms with Crippen LogP contribution in [0.5, 0.6) is 0 Å². The van der Waals surface area contributed by atoms with Gasteiger partial charge in [-0.2, -0.15) is 0 Å². The third-order valence-corrected chi connectivity index (χ3v) is 7.45. The average molecular weight is 493 g/mol. The molecule has 3 aromatic rings. The molecule has 0 unspecified atom stereocenters. The number of sulfonamides is 1. The summed E-state index contributed by atoms with van der Waals surface area (Å²) in [6, 6.07) is 17.0. The normalized spacial score (nSPS) is 13.9. The van der Waals surface area contributed by atoms with Gasteiger partial charge in [0.1, 0.15) is 4.90 Å². The van der Waals surface area contributed by atoms with Crippen LogP contribution in [0.3, 0.4) is 0 Å². The number of nitrogens with zero attached hydrogens (tertiary/aromatic N) is 1. The molecular formula is C25H24N4O5S. The van der Waals surface area contributed by atoms with Crippen LogP contribution in [0.1, 0.15) is 40.1 Å². The number of anilines is 3. The third kappa shape index (κ3) is 4.73. The molecule has 3 aromatic carbocycles. The summed E-state index contributed by atoms with van der Waals surface area (Å²) in [4.78, 5) is 37.6. The van der Waals surface area contributed by atoms with Crippen molar-refractivity contribution in [3.8, 4) is 0 Å². The predicted octanol–water partition coefficient (Wildman–Crippen LogP) is 4.44. The molecule has 0 spiro atoms. The topological polar surface area (TPSA) is 125 Å². The van der Waals surface area contributed by atoms with Crippen LogP contribution < -0.4 is 16.0 Å². The van der Waals surface area contributed by atoms with E-state index in [2.05, 4.69) is 16.0 Å². The number of carbonyl (C=O) groups excluding carboxylic acids is 3. The largest absolute Gasteiger partial charge is 0.323 e. The molecular weight excluding hydrogens is 468 g/mol. The Balaban J connectivity index is 1.53. The van der Waals surface area contributed by atoms with E-state index in [4.69, 9.17) is 0 Å². The quantitative estimate of drug-likeness (QED) is 0.486. The number of rotatable bonds is 5. The Kier molecular flexibility index (Phi) is 6.31. The molecule has 9 nitrogen and oxygen atoms in total. The SMILES string of the molecule is Cc1ccc(NC(=O)Nc2ccccc2)cc1NC(=O)c1ccc2c(c1)S(=O)(=O)N(C(C)C)C2=O. The Bertz CT molecular complexity index is 1440. The lowest BCUT2D eigenvalue weighted by atomic mass is 10.1. The standard InChI is InChI=1S/C25H24N4O5S/c1-15(2)29-24(31)20-12-10-17(13-22(20)35(29,33)34)23(30)28-21-14-19(11-9-16(21)3)27-25(32)26-18-7-5-4-6-8-18/h4-15H,1-3H3,(H,28,30)(H2,26,27,32). The monoisotopic (exact) mass is 492 g/mol. The number of aryl methyl sites for hydroxylation is 1. The minimum absolute atomic E-state index is 0.0436. The fourth-order valence-corrected chi connectivity index (χ4v) is 5.54. The molecule has 1 aliphatic heterocycles.